The highest BCUT2D eigenvalue weighted by Crippen LogP contribution is 2.14. The van der Waals surface area contributed by atoms with Crippen molar-refractivity contribution in [1.29, 1.82) is 0 Å². The standard InChI is InChI=1S/C10H21NO2/c1-5-7-11-10(3,6-2)8-9(12)13-4/h11H,5-8H2,1-4H3. The van der Waals surface area contributed by atoms with Crippen LogP contribution >= 0.6 is 0 Å². The third kappa shape index (κ3) is 4.88. The number of rotatable bonds is 6. The van der Waals surface area contributed by atoms with Crippen LogP contribution in [-0.4, -0.2) is 25.2 Å². The molecule has 0 spiro atoms. The molecule has 0 aromatic heterocycles. The van der Waals surface area contributed by atoms with Crippen LogP contribution in [0.5, 0.6) is 0 Å². The Labute approximate surface area is 80.8 Å². The van der Waals surface area contributed by atoms with E-state index in [4.69, 9.17) is 0 Å². The molecule has 0 heterocycles. The van der Waals surface area contributed by atoms with Crippen molar-refractivity contribution in [2.24, 2.45) is 0 Å². The van der Waals surface area contributed by atoms with Crippen LogP contribution in [0.4, 0.5) is 0 Å². The quantitative estimate of drug-likeness (QED) is 0.643. The highest BCUT2D eigenvalue weighted by Gasteiger charge is 2.24. The monoisotopic (exact) mass is 187 g/mol. The molecule has 0 aliphatic rings. The summed E-state index contributed by atoms with van der Waals surface area (Å²) in [6.07, 6.45) is 2.46. The molecule has 0 saturated carbocycles. The first-order chi connectivity index (χ1) is 6.08. The van der Waals surface area contributed by atoms with Gasteiger partial charge in [-0.2, -0.15) is 0 Å². The Kier molecular flexibility index (Phi) is 5.71. The topological polar surface area (TPSA) is 38.3 Å². The maximum absolute atomic E-state index is 11.1. The van der Waals surface area contributed by atoms with Crippen LogP contribution in [0.1, 0.15) is 40.0 Å². The molecule has 0 aromatic rings. The third-order valence-corrected chi connectivity index (χ3v) is 2.34. The van der Waals surface area contributed by atoms with E-state index in [9.17, 15) is 4.79 Å². The lowest BCUT2D eigenvalue weighted by Gasteiger charge is -2.28. The Balaban J connectivity index is 4.02. The van der Waals surface area contributed by atoms with E-state index in [-0.39, 0.29) is 11.5 Å². The number of hydrogen-bond acceptors (Lipinski definition) is 3. The molecule has 0 aliphatic heterocycles. The van der Waals surface area contributed by atoms with E-state index in [1.165, 1.54) is 7.11 Å². The van der Waals surface area contributed by atoms with Crippen LogP contribution in [-0.2, 0) is 9.53 Å². The van der Waals surface area contributed by atoms with Crippen molar-refractivity contribution in [1.82, 2.24) is 5.32 Å². The van der Waals surface area contributed by atoms with Crippen molar-refractivity contribution in [3.63, 3.8) is 0 Å². The second kappa shape index (κ2) is 5.97. The second-order valence-corrected chi connectivity index (χ2v) is 3.59. The maximum atomic E-state index is 11.1. The lowest BCUT2D eigenvalue weighted by molar-refractivity contribution is -0.142. The summed E-state index contributed by atoms with van der Waals surface area (Å²) >= 11 is 0. The minimum absolute atomic E-state index is 0.108. The van der Waals surface area contributed by atoms with Gasteiger partial charge >= 0.3 is 5.97 Å². The Morgan fingerprint density at radius 1 is 1.46 bits per heavy atom. The van der Waals surface area contributed by atoms with Crippen LogP contribution in [0.15, 0.2) is 0 Å². The largest absolute Gasteiger partial charge is 0.469 e. The zero-order valence-corrected chi connectivity index (χ0v) is 9.14. The molecule has 0 amide bonds. The zero-order valence-electron chi connectivity index (χ0n) is 9.14. The Hall–Kier alpha value is -0.570. The summed E-state index contributed by atoms with van der Waals surface area (Å²) in [6.45, 7) is 7.19. The van der Waals surface area contributed by atoms with Crippen LogP contribution in [0, 0.1) is 0 Å². The predicted octanol–water partition coefficient (Wildman–Crippen LogP) is 1.72. The smallest absolute Gasteiger partial charge is 0.307 e. The van der Waals surface area contributed by atoms with Gasteiger partial charge in [0.2, 0.25) is 0 Å². The van der Waals surface area contributed by atoms with Crippen molar-refractivity contribution in [3.05, 3.63) is 0 Å². The highest BCUT2D eigenvalue weighted by atomic mass is 16.5. The first-order valence-electron chi connectivity index (χ1n) is 4.89. The van der Waals surface area contributed by atoms with Crippen LogP contribution in [0.25, 0.3) is 0 Å². The molecule has 0 fully saturated rings. The summed E-state index contributed by atoms with van der Waals surface area (Å²) in [5.74, 6) is -0.145. The van der Waals surface area contributed by atoms with Gasteiger partial charge in [-0.15, -0.1) is 0 Å². The molecule has 3 heteroatoms. The average molecular weight is 187 g/mol. The van der Waals surface area contributed by atoms with Gasteiger partial charge in [0.05, 0.1) is 13.5 Å². The molecule has 13 heavy (non-hydrogen) atoms. The molecule has 0 saturated heterocycles. The van der Waals surface area contributed by atoms with Crippen molar-refractivity contribution >= 4 is 5.97 Å². The lowest BCUT2D eigenvalue weighted by Crippen LogP contribution is -2.44. The van der Waals surface area contributed by atoms with Crippen molar-refractivity contribution in [2.75, 3.05) is 13.7 Å². The third-order valence-electron chi connectivity index (χ3n) is 2.34. The fourth-order valence-corrected chi connectivity index (χ4v) is 1.13. The summed E-state index contributed by atoms with van der Waals surface area (Å²) in [5, 5.41) is 3.36. The average Bonchev–Trinajstić information content (AvgIpc) is 2.14. The van der Waals surface area contributed by atoms with Gasteiger partial charge in [-0.1, -0.05) is 13.8 Å². The first kappa shape index (κ1) is 12.4. The number of methoxy groups -OCH3 is 1. The maximum Gasteiger partial charge on any atom is 0.307 e. The van der Waals surface area contributed by atoms with E-state index < -0.39 is 0 Å². The molecule has 1 N–H and O–H groups in total. The van der Waals surface area contributed by atoms with Gasteiger partial charge in [0.25, 0.3) is 0 Å². The van der Waals surface area contributed by atoms with Gasteiger partial charge in [-0.3, -0.25) is 4.79 Å². The minimum Gasteiger partial charge on any atom is -0.469 e. The van der Waals surface area contributed by atoms with E-state index in [2.05, 4.69) is 30.8 Å². The van der Waals surface area contributed by atoms with Gasteiger partial charge in [0.15, 0.2) is 0 Å². The molecule has 3 nitrogen and oxygen atoms in total. The highest BCUT2D eigenvalue weighted by molar-refractivity contribution is 5.70. The SMILES string of the molecule is CCCNC(C)(CC)CC(=O)OC. The molecular weight excluding hydrogens is 166 g/mol. The lowest BCUT2D eigenvalue weighted by atomic mass is 9.94. The first-order valence-corrected chi connectivity index (χ1v) is 4.89. The van der Waals surface area contributed by atoms with Crippen molar-refractivity contribution in [2.45, 2.75) is 45.6 Å². The Morgan fingerprint density at radius 3 is 2.46 bits per heavy atom. The fourth-order valence-electron chi connectivity index (χ4n) is 1.13. The van der Waals surface area contributed by atoms with Gasteiger partial charge in [0.1, 0.15) is 0 Å². The molecule has 0 radical (unpaired) electrons. The summed E-state index contributed by atoms with van der Waals surface area (Å²) < 4.78 is 4.65. The van der Waals surface area contributed by atoms with Crippen LogP contribution in [0.3, 0.4) is 0 Å². The summed E-state index contributed by atoms with van der Waals surface area (Å²) in [4.78, 5) is 11.1. The van der Waals surface area contributed by atoms with Gasteiger partial charge < -0.3 is 10.1 Å². The number of carbonyl (C=O) groups is 1. The predicted molar refractivity (Wildman–Crippen MR) is 53.6 cm³/mol. The summed E-state index contributed by atoms with van der Waals surface area (Å²) in [6, 6.07) is 0. The van der Waals surface area contributed by atoms with Crippen LogP contribution < -0.4 is 5.32 Å². The number of carbonyl (C=O) groups excluding carboxylic acids is 1. The van der Waals surface area contributed by atoms with Gasteiger partial charge in [-0.25, -0.2) is 0 Å². The number of esters is 1. The van der Waals surface area contributed by atoms with E-state index in [0.29, 0.717) is 6.42 Å². The Bertz CT molecular complexity index is 159. The van der Waals surface area contributed by atoms with Gasteiger partial charge in [0, 0.05) is 5.54 Å². The molecular formula is C10H21NO2. The molecule has 78 valence electrons. The minimum atomic E-state index is -0.145. The van der Waals surface area contributed by atoms with E-state index in [1.54, 1.807) is 0 Å². The van der Waals surface area contributed by atoms with E-state index in [1.807, 2.05) is 0 Å². The fraction of sp³-hybridized carbons (Fsp3) is 0.900. The van der Waals surface area contributed by atoms with Crippen molar-refractivity contribution in [3.8, 4) is 0 Å². The molecule has 0 rings (SSSR count). The summed E-state index contributed by atoms with van der Waals surface area (Å²) in [7, 11) is 1.43. The Morgan fingerprint density at radius 2 is 2.08 bits per heavy atom. The number of ether oxygens (including phenoxy) is 1. The molecule has 1 unspecified atom stereocenters. The number of hydrogen-bond donors (Lipinski definition) is 1. The molecule has 1 atom stereocenters. The molecule has 0 aromatic carbocycles. The normalized spacial score (nSPS) is 15.1. The molecule has 0 bridgehead atoms. The van der Waals surface area contributed by atoms with Crippen molar-refractivity contribution < 1.29 is 9.53 Å². The number of nitrogens with one attached hydrogen (secondary N) is 1. The second-order valence-electron chi connectivity index (χ2n) is 3.59. The van der Waals surface area contributed by atoms with Gasteiger partial charge in [-0.05, 0) is 26.3 Å². The van der Waals surface area contributed by atoms with E-state index >= 15 is 0 Å². The van der Waals surface area contributed by atoms with E-state index in [0.717, 1.165) is 19.4 Å². The summed E-state index contributed by atoms with van der Waals surface area (Å²) in [5.41, 5.74) is -0.108. The molecule has 0 aliphatic carbocycles. The van der Waals surface area contributed by atoms with Crippen LogP contribution in [0.2, 0.25) is 0 Å². The zero-order chi connectivity index (χ0) is 10.3.